The highest BCUT2D eigenvalue weighted by Gasteiger charge is 2.37. The Morgan fingerprint density at radius 3 is 2.29 bits per heavy atom. The monoisotopic (exact) mass is 194 g/mol. The Morgan fingerprint density at radius 1 is 1.14 bits per heavy atom. The molecule has 0 saturated heterocycles. The minimum atomic E-state index is -0.489. The fourth-order valence-electron chi connectivity index (χ4n) is 2.08. The van der Waals surface area contributed by atoms with Crippen LogP contribution in [0.5, 0.6) is 0 Å². The number of nitrogens with zero attached hydrogens (tertiary/aromatic N) is 2. The van der Waals surface area contributed by atoms with Crippen molar-refractivity contribution in [1.82, 2.24) is 0 Å². The van der Waals surface area contributed by atoms with E-state index in [0.29, 0.717) is 0 Å². The lowest BCUT2D eigenvalue weighted by Crippen LogP contribution is -2.39. The summed E-state index contributed by atoms with van der Waals surface area (Å²) in [5, 5.41) is 0. The van der Waals surface area contributed by atoms with Crippen LogP contribution in [0, 0.1) is 0 Å². The Morgan fingerprint density at radius 2 is 1.79 bits per heavy atom. The van der Waals surface area contributed by atoms with Gasteiger partial charge in [0.05, 0.1) is 11.6 Å². The van der Waals surface area contributed by atoms with Crippen molar-refractivity contribution in [2.75, 3.05) is 0 Å². The molecule has 0 aliphatic heterocycles. The van der Waals surface area contributed by atoms with Gasteiger partial charge in [0.25, 0.3) is 0 Å². The van der Waals surface area contributed by atoms with Gasteiger partial charge in [0.15, 0.2) is 0 Å². The summed E-state index contributed by atoms with van der Waals surface area (Å²) in [6.07, 6.45) is 7.99. The number of hydrogen-bond donors (Lipinski definition) is 0. The third-order valence-electron chi connectivity index (χ3n) is 3.01. The minimum absolute atomic E-state index is 0.262. The molecular weight excluding hydrogens is 180 g/mol. The number of hydrogen-bond acceptors (Lipinski definition) is 4. The molecule has 0 spiro atoms. The molecule has 0 heterocycles. The van der Waals surface area contributed by atoms with Gasteiger partial charge in [-0.3, -0.25) is 0 Å². The lowest BCUT2D eigenvalue weighted by Gasteiger charge is -2.34. The smallest absolute Gasteiger partial charge is 0.211 e. The van der Waals surface area contributed by atoms with Gasteiger partial charge in [-0.15, -0.1) is 0 Å². The van der Waals surface area contributed by atoms with E-state index >= 15 is 0 Å². The summed E-state index contributed by atoms with van der Waals surface area (Å²) in [6.45, 7) is 1.80. The van der Waals surface area contributed by atoms with E-state index in [1.807, 2.05) is 0 Å². The van der Waals surface area contributed by atoms with Crippen molar-refractivity contribution in [3.63, 3.8) is 0 Å². The van der Waals surface area contributed by atoms with E-state index in [0.717, 1.165) is 32.1 Å². The van der Waals surface area contributed by atoms with Gasteiger partial charge in [-0.1, -0.05) is 19.3 Å². The Bertz CT molecular complexity index is 282. The molecule has 0 aromatic rings. The number of isocyanates is 2. The van der Waals surface area contributed by atoms with Crippen molar-refractivity contribution in [3.05, 3.63) is 0 Å². The summed E-state index contributed by atoms with van der Waals surface area (Å²) < 4.78 is 0. The molecule has 1 atom stereocenters. The second-order valence-corrected chi connectivity index (χ2v) is 3.76. The van der Waals surface area contributed by atoms with Gasteiger partial charge in [-0.2, -0.15) is 4.99 Å². The Labute approximate surface area is 83.1 Å². The molecule has 4 nitrogen and oxygen atoms in total. The lowest BCUT2D eigenvalue weighted by atomic mass is 9.77. The third kappa shape index (κ3) is 2.16. The van der Waals surface area contributed by atoms with Crippen molar-refractivity contribution >= 4 is 12.2 Å². The average molecular weight is 194 g/mol. The van der Waals surface area contributed by atoms with Gasteiger partial charge in [0.1, 0.15) is 0 Å². The maximum absolute atomic E-state index is 10.4. The van der Waals surface area contributed by atoms with Crippen LogP contribution in [0.15, 0.2) is 9.98 Å². The first-order valence-corrected chi connectivity index (χ1v) is 4.91. The largest absolute Gasteiger partial charge is 0.235 e. The van der Waals surface area contributed by atoms with Gasteiger partial charge in [0.2, 0.25) is 12.2 Å². The van der Waals surface area contributed by atoms with Gasteiger partial charge in [0, 0.05) is 0 Å². The molecule has 0 aromatic carbocycles. The average Bonchev–Trinajstić information content (AvgIpc) is 2.20. The van der Waals surface area contributed by atoms with Crippen LogP contribution < -0.4 is 0 Å². The van der Waals surface area contributed by atoms with Crippen molar-refractivity contribution < 1.29 is 9.59 Å². The summed E-state index contributed by atoms with van der Waals surface area (Å²) in [5.74, 6) is 0. The summed E-state index contributed by atoms with van der Waals surface area (Å²) >= 11 is 0. The van der Waals surface area contributed by atoms with Gasteiger partial charge in [-0.05, 0) is 19.8 Å². The summed E-state index contributed by atoms with van der Waals surface area (Å²) in [7, 11) is 0. The van der Waals surface area contributed by atoms with E-state index < -0.39 is 5.54 Å². The second-order valence-electron chi connectivity index (χ2n) is 3.76. The molecule has 0 bridgehead atoms. The van der Waals surface area contributed by atoms with Crippen LogP contribution >= 0.6 is 0 Å². The van der Waals surface area contributed by atoms with Crippen LogP contribution in [0.2, 0.25) is 0 Å². The zero-order valence-electron chi connectivity index (χ0n) is 8.32. The van der Waals surface area contributed by atoms with E-state index in [-0.39, 0.29) is 6.04 Å². The molecule has 1 aliphatic carbocycles. The predicted molar refractivity (Wildman–Crippen MR) is 51.5 cm³/mol. The molecule has 0 amide bonds. The van der Waals surface area contributed by atoms with Crippen LogP contribution in [0.3, 0.4) is 0 Å². The SMILES string of the molecule is CC(N=C=O)C1(N=C=O)CCCCC1. The van der Waals surface area contributed by atoms with E-state index in [1.54, 1.807) is 13.0 Å². The number of carbonyl (C=O) groups excluding carboxylic acids is 2. The highest BCUT2D eigenvalue weighted by atomic mass is 16.1. The van der Waals surface area contributed by atoms with Crippen molar-refractivity contribution in [2.45, 2.75) is 50.6 Å². The Kier molecular flexibility index (Phi) is 3.75. The van der Waals surface area contributed by atoms with Crippen molar-refractivity contribution in [3.8, 4) is 0 Å². The molecule has 1 rings (SSSR count). The molecule has 0 radical (unpaired) electrons. The molecule has 0 aromatic heterocycles. The van der Waals surface area contributed by atoms with Gasteiger partial charge in [-0.25, -0.2) is 14.6 Å². The predicted octanol–water partition coefficient (Wildman–Crippen LogP) is 1.75. The first kappa shape index (κ1) is 10.8. The summed E-state index contributed by atoms with van der Waals surface area (Å²) in [5.41, 5.74) is -0.489. The number of rotatable bonds is 3. The molecule has 4 heteroatoms. The fourth-order valence-corrected chi connectivity index (χ4v) is 2.08. The van der Waals surface area contributed by atoms with Crippen LogP contribution in [0.1, 0.15) is 39.0 Å². The number of aliphatic imine (C=N–C) groups is 2. The highest BCUT2D eigenvalue weighted by molar-refractivity contribution is 5.37. The summed E-state index contributed by atoms with van der Waals surface area (Å²) in [6, 6.07) is -0.262. The van der Waals surface area contributed by atoms with E-state index in [1.165, 1.54) is 6.08 Å². The van der Waals surface area contributed by atoms with E-state index in [9.17, 15) is 9.59 Å². The van der Waals surface area contributed by atoms with E-state index in [4.69, 9.17) is 0 Å². The topological polar surface area (TPSA) is 58.9 Å². The quantitative estimate of drug-likeness (QED) is 0.507. The molecule has 1 unspecified atom stereocenters. The zero-order valence-corrected chi connectivity index (χ0v) is 8.32. The van der Waals surface area contributed by atoms with Gasteiger partial charge < -0.3 is 0 Å². The van der Waals surface area contributed by atoms with Crippen LogP contribution in [-0.2, 0) is 9.59 Å². The molecule has 0 N–H and O–H groups in total. The lowest BCUT2D eigenvalue weighted by molar-refractivity contribution is 0.260. The molecule has 76 valence electrons. The first-order valence-electron chi connectivity index (χ1n) is 4.91. The molecule has 14 heavy (non-hydrogen) atoms. The molecular formula is C10H14N2O2. The first-order chi connectivity index (χ1) is 6.75. The van der Waals surface area contributed by atoms with Gasteiger partial charge >= 0.3 is 0 Å². The maximum Gasteiger partial charge on any atom is 0.235 e. The zero-order chi connectivity index (χ0) is 10.4. The second kappa shape index (κ2) is 4.85. The third-order valence-corrected chi connectivity index (χ3v) is 3.01. The van der Waals surface area contributed by atoms with Crippen LogP contribution in [-0.4, -0.2) is 23.7 Å². The normalized spacial score (nSPS) is 21.5. The Balaban J connectivity index is 2.89. The van der Waals surface area contributed by atoms with Crippen LogP contribution in [0.25, 0.3) is 0 Å². The standard InChI is InChI=1S/C10H14N2O2/c1-9(11-7-13)10(12-8-14)5-3-2-4-6-10/h9H,2-6H2,1H3. The van der Waals surface area contributed by atoms with Crippen molar-refractivity contribution in [2.24, 2.45) is 9.98 Å². The maximum atomic E-state index is 10.4. The molecule has 1 fully saturated rings. The van der Waals surface area contributed by atoms with Crippen LogP contribution in [0.4, 0.5) is 0 Å². The molecule has 1 saturated carbocycles. The highest BCUT2D eigenvalue weighted by Crippen LogP contribution is 2.35. The van der Waals surface area contributed by atoms with E-state index in [2.05, 4.69) is 9.98 Å². The minimum Gasteiger partial charge on any atom is -0.211 e. The van der Waals surface area contributed by atoms with Crippen molar-refractivity contribution in [1.29, 1.82) is 0 Å². The fraction of sp³-hybridized carbons (Fsp3) is 0.800. The molecule has 1 aliphatic rings. The summed E-state index contributed by atoms with van der Waals surface area (Å²) in [4.78, 5) is 28.0. The Hall–Kier alpha value is -1.24.